The van der Waals surface area contributed by atoms with Gasteiger partial charge in [0.1, 0.15) is 12.1 Å². The Bertz CT molecular complexity index is 646. The minimum Gasteiger partial charge on any atom is -0.339 e. The molecule has 0 aliphatic heterocycles. The van der Waals surface area contributed by atoms with Crippen LogP contribution >= 0.6 is 0 Å². The first kappa shape index (κ1) is 10.7. The molecule has 0 spiro atoms. The average molecular weight is 225 g/mol. The van der Waals surface area contributed by atoms with Crippen molar-refractivity contribution in [1.82, 2.24) is 14.9 Å². The maximum atomic E-state index is 10.4. The number of pyridine rings is 1. The van der Waals surface area contributed by atoms with E-state index in [9.17, 15) is 4.79 Å². The molecule has 1 N–H and O–H groups in total. The molecule has 0 bridgehead atoms. The third-order valence-electron chi connectivity index (χ3n) is 2.36. The number of hydrogen-bond donors (Lipinski definition) is 1. The third-order valence-corrected chi connectivity index (χ3v) is 2.36. The van der Waals surface area contributed by atoms with Gasteiger partial charge in [-0.25, -0.2) is 4.52 Å². The fourth-order valence-corrected chi connectivity index (χ4v) is 1.63. The fourth-order valence-electron chi connectivity index (χ4n) is 1.63. The molecule has 17 heavy (non-hydrogen) atoms. The van der Waals surface area contributed by atoms with E-state index in [1.807, 2.05) is 12.1 Å². The molecule has 1 amide bonds. The molecule has 0 radical (unpaired) electrons. The molecule has 0 saturated carbocycles. The Labute approximate surface area is 96.7 Å². The van der Waals surface area contributed by atoms with Crippen molar-refractivity contribution in [3.8, 4) is 12.1 Å². The molecule has 0 aliphatic carbocycles. The smallest absolute Gasteiger partial charge is 0.208 e. The maximum Gasteiger partial charge on any atom is 0.208 e. The van der Waals surface area contributed by atoms with Gasteiger partial charge in [-0.2, -0.15) is 15.6 Å². The van der Waals surface area contributed by atoms with Crippen LogP contribution in [0.3, 0.4) is 0 Å². The Morgan fingerprint density at radius 1 is 1.53 bits per heavy atom. The van der Waals surface area contributed by atoms with Gasteiger partial charge >= 0.3 is 0 Å². The van der Waals surface area contributed by atoms with Gasteiger partial charge in [0.15, 0.2) is 0 Å². The summed E-state index contributed by atoms with van der Waals surface area (Å²) in [4.78, 5) is 10.4. The zero-order valence-electron chi connectivity index (χ0n) is 8.66. The van der Waals surface area contributed by atoms with Gasteiger partial charge in [0.2, 0.25) is 6.41 Å². The predicted molar refractivity (Wildman–Crippen MR) is 57.5 cm³/mol. The zero-order valence-corrected chi connectivity index (χ0v) is 8.66. The SMILES string of the molecule is N#Cc1cccn2ncc(C(C#N)NC=O)c12. The van der Waals surface area contributed by atoms with Crippen LogP contribution in [0.2, 0.25) is 0 Å². The van der Waals surface area contributed by atoms with Crippen molar-refractivity contribution in [2.45, 2.75) is 6.04 Å². The van der Waals surface area contributed by atoms with Gasteiger partial charge in [-0.05, 0) is 12.1 Å². The summed E-state index contributed by atoms with van der Waals surface area (Å²) < 4.78 is 1.50. The Balaban J connectivity index is 2.67. The monoisotopic (exact) mass is 225 g/mol. The molecule has 2 rings (SSSR count). The first-order chi connectivity index (χ1) is 8.31. The van der Waals surface area contributed by atoms with Crippen LogP contribution in [0, 0.1) is 22.7 Å². The number of hydrogen-bond acceptors (Lipinski definition) is 4. The Morgan fingerprint density at radius 2 is 2.35 bits per heavy atom. The van der Waals surface area contributed by atoms with Gasteiger partial charge in [0.25, 0.3) is 0 Å². The molecular formula is C11H7N5O. The number of carbonyl (C=O) groups excluding carboxylic acids is 1. The number of aromatic nitrogens is 2. The van der Waals surface area contributed by atoms with E-state index in [4.69, 9.17) is 10.5 Å². The minimum atomic E-state index is -0.806. The highest BCUT2D eigenvalue weighted by Gasteiger charge is 2.17. The number of nitriles is 2. The van der Waals surface area contributed by atoms with Gasteiger partial charge in [-0.15, -0.1) is 0 Å². The van der Waals surface area contributed by atoms with Crippen molar-refractivity contribution < 1.29 is 4.79 Å². The highest BCUT2D eigenvalue weighted by Crippen LogP contribution is 2.21. The van der Waals surface area contributed by atoms with Crippen LogP contribution in [0.25, 0.3) is 5.52 Å². The molecular weight excluding hydrogens is 218 g/mol. The molecule has 2 aromatic rings. The van der Waals surface area contributed by atoms with Crippen molar-refractivity contribution in [2.75, 3.05) is 0 Å². The van der Waals surface area contributed by atoms with E-state index >= 15 is 0 Å². The lowest BCUT2D eigenvalue weighted by molar-refractivity contribution is -0.109. The summed E-state index contributed by atoms with van der Waals surface area (Å²) in [6.07, 6.45) is 3.60. The topological polar surface area (TPSA) is 94.0 Å². The lowest BCUT2D eigenvalue weighted by atomic mass is 10.1. The number of nitrogens with one attached hydrogen (secondary N) is 1. The number of fused-ring (bicyclic) bond motifs is 1. The van der Waals surface area contributed by atoms with Crippen molar-refractivity contribution in [3.05, 3.63) is 35.7 Å². The van der Waals surface area contributed by atoms with E-state index in [1.54, 1.807) is 18.3 Å². The van der Waals surface area contributed by atoms with Crippen LogP contribution in [-0.2, 0) is 4.79 Å². The van der Waals surface area contributed by atoms with Gasteiger partial charge in [0, 0.05) is 11.8 Å². The molecule has 1 atom stereocenters. The molecule has 2 aromatic heterocycles. The van der Waals surface area contributed by atoms with Gasteiger partial charge < -0.3 is 5.32 Å². The molecule has 0 saturated heterocycles. The zero-order chi connectivity index (χ0) is 12.3. The first-order valence-electron chi connectivity index (χ1n) is 4.77. The molecule has 0 aliphatic rings. The quantitative estimate of drug-likeness (QED) is 0.770. The predicted octanol–water partition coefficient (Wildman–Crippen LogP) is 0.517. The van der Waals surface area contributed by atoms with Gasteiger partial charge in [-0.1, -0.05) is 0 Å². The van der Waals surface area contributed by atoms with E-state index in [0.717, 1.165) is 0 Å². The lowest BCUT2D eigenvalue weighted by Crippen LogP contribution is -2.17. The van der Waals surface area contributed by atoms with Crippen LogP contribution in [0.1, 0.15) is 17.2 Å². The summed E-state index contributed by atoms with van der Waals surface area (Å²) in [7, 11) is 0. The Kier molecular flexibility index (Phi) is 2.71. The van der Waals surface area contributed by atoms with Crippen LogP contribution in [0.15, 0.2) is 24.5 Å². The molecule has 6 nitrogen and oxygen atoms in total. The highest BCUT2D eigenvalue weighted by atomic mass is 16.1. The van der Waals surface area contributed by atoms with E-state index in [2.05, 4.69) is 10.4 Å². The number of carbonyl (C=O) groups is 1. The summed E-state index contributed by atoms with van der Waals surface area (Å²) in [6, 6.07) is 6.50. The maximum absolute atomic E-state index is 10.4. The van der Waals surface area contributed by atoms with E-state index < -0.39 is 6.04 Å². The molecule has 0 fully saturated rings. The van der Waals surface area contributed by atoms with Crippen molar-refractivity contribution in [1.29, 1.82) is 10.5 Å². The summed E-state index contributed by atoms with van der Waals surface area (Å²) in [5.74, 6) is 0. The highest BCUT2D eigenvalue weighted by molar-refractivity contribution is 5.67. The Morgan fingerprint density at radius 3 is 3.00 bits per heavy atom. The number of amides is 1. The summed E-state index contributed by atoms with van der Waals surface area (Å²) in [5.41, 5.74) is 1.46. The van der Waals surface area contributed by atoms with E-state index in [1.165, 1.54) is 10.7 Å². The van der Waals surface area contributed by atoms with Crippen LogP contribution in [0.5, 0.6) is 0 Å². The fraction of sp³-hybridized carbons (Fsp3) is 0.0909. The first-order valence-corrected chi connectivity index (χ1v) is 4.77. The van der Waals surface area contributed by atoms with E-state index in [0.29, 0.717) is 23.1 Å². The molecule has 2 heterocycles. The molecule has 1 unspecified atom stereocenters. The lowest BCUT2D eigenvalue weighted by Gasteiger charge is -2.06. The van der Waals surface area contributed by atoms with Crippen LogP contribution in [0.4, 0.5) is 0 Å². The normalized spacial score (nSPS) is 11.4. The van der Waals surface area contributed by atoms with Crippen LogP contribution < -0.4 is 5.32 Å². The van der Waals surface area contributed by atoms with Crippen LogP contribution in [-0.4, -0.2) is 16.0 Å². The summed E-state index contributed by atoms with van der Waals surface area (Å²) in [5, 5.41) is 24.4. The molecule has 82 valence electrons. The summed E-state index contributed by atoms with van der Waals surface area (Å²) >= 11 is 0. The second-order valence-corrected chi connectivity index (χ2v) is 3.27. The van der Waals surface area contributed by atoms with E-state index in [-0.39, 0.29) is 0 Å². The molecule has 6 heteroatoms. The standard InChI is InChI=1S/C11H7N5O/c12-4-8-2-1-3-16-11(8)9(6-15-16)10(5-13)14-7-17/h1-3,6-7,10H,(H,14,17). The van der Waals surface area contributed by atoms with Crippen molar-refractivity contribution in [3.63, 3.8) is 0 Å². The average Bonchev–Trinajstić information content (AvgIpc) is 2.79. The molecule has 0 aromatic carbocycles. The van der Waals surface area contributed by atoms with Crippen molar-refractivity contribution in [2.24, 2.45) is 0 Å². The summed E-state index contributed by atoms with van der Waals surface area (Å²) in [6.45, 7) is 0. The van der Waals surface area contributed by atoms with Gasteiger partial charge in [-0.3, -0.25) is 4.79 Å². The Hall–Kier alpha value is -2.86. The number of rotatable bonds is 3. The van der Waals surface area contributed by atoms with Gasteiger partial charge in [0.05, 0.1) is 23.3 Å². The largest absolute Gasteiger partial charge is 0.339 e. The van der Waals surface area contributed by atoms with Crippen molar-refractivity contribution >= 4 is 11.9 Å². The second kappa shape index (κ2) is 4.33. The third kappa shape index (κ3) is 1.68. The second-order valence-electron chi connectivity index (χ2n) is 3.27. The number of nitrogens with zero attached hydrogens (tertiary/aromatic N) is 4. The minimum absolute atomic E-state index is 0.410.